The molecule has 0 saturated carbocycles. The lowest BCUT2D eigenvalue weighted by Crippen LogP contribution is -2.69. The van der Waals surface area contributed by atoms with E-state index in [0.29, 0.717) is 0 Å². The standard InChI is InChI=1S/C42H73N11O26/c43-1-7-18(54)24(60)13(44)31(74-7)37(67)49-2-8-19(55)25(61)14(45)32(75-8)38(68)50-3-9-20(56)26(62)15(46)33(76-9)39(69)51-4-10-21(57)27(63)16(47)34(77-10)40(70)52-6-12-23(59)29(65)30(66)36(79-12)41(71)53-5-11-22(58)28(64)17(48)35(78-11)42(72)73/h7-36,54-66H,1-6,43-48H2,(H,49,67)(H,50,68)(H,51,69)(H,52,70)(H,53,71)(H,72,73)/t7-,8-,9-,10-,11-,12-,13?,14?,15?,16?,17?,18?,19?,20?,21?,22?,23?,24?,25?,26?,27?,28?,29?,30?,31-,32-,33-,34-,35?,36-/m1/s1. The number of rotatable bonds is 17. The van der Waals surface area contributed by atoms with Crippen molar-refractivity contribution in [2.45, 2.75) is 183 Å². The number of aliphatic hydroxyl groups is 13. The van der Waals surface area contributed by atoms with Crippen molar-refractivity contribution in [3.8, 4) is 0 Å². The van der Waals surface area contributed by atoms with E-state index in [0.717, 1.165) is 0 Å². The predicted octanol–water partition coefficient (Wildman–Crippen LogP) is -18.5. The lowest BCUT2D eigenvalue weighted by molar-refractivity contribution is -0.220. The van der Waals surface area contributed by atoms with Gasteiger partial charge in [-0.15, -0.1) is 0 Å². The van der Waals surface area contributed by atoms with Gasteiger partial charge in [-0.25, -0.2) is 4.79 Å². The summed E-state index contributed by atoms with van der Waals surface area (Å²) >= 11 is 0. The van der Waals surface area contributed by atoms with Gasteiger partial charge < -0.3 is 161 Å². The molecule has 79 heavy (non-hydrogen) atoms. The number of nitrogens with two attached hydrogens (primary N) is 6. The molecule has 31 N–H and O–H groups in total. The van der Waals surface area contributed by atoms with Gasteiger partial charge in [0.1, 0.15) is 110 Å². The molecule has 6 aliphatic heterocycles. The van der Waals surface area contributed by atoms with Crippen molar-refractivity contribution in [3.05, 3.63) is 0 Å². The van der Waals surface area contributed by atoms with E-state index in [1.807, 2.05) is 0 Å². The van der Waals surface area contributed by atoms with Crippen molar-refractivity contribution in [3.63, 3.8) is 0 Å². The fourth-order valence-corrected chi connectivity index (χ4v) is 9.82. The van der Waals surface area contributed by atoms with Gasteiger partial charge in [0.05, 0.1) is 36.3 Å². The molecule has 37 heteroatoms. The number of ether oxygens (including phenoxy) is 6. The zero-order valence-corrected chi connectivity index (χ0v) is 41.7. The Morgan fingerprint density at radius 3 is 0.759 bits per heavy atom. The van der Waals surface area contributed by atoms with Gasteiger partial charge >= 0.3 is 5.97 Å². The summed E-state index contributed by atoms with van der Waals surface area (Å²) < 4.78 is 33.1. The molecule has 5 amide bonds. The second-order valence-corrected chi connectivity index (χ2v) is 20.1. The van der Waals surface area contributed by atoms with Crippen LogP contribution >= 0.6 is 0 Å². The van der Waals surface area contributed by atoms with Crippen LogP contribution in [0.4, 0.5) is 0 Å². The summed E-state index contributed by atoms with van der Waals surface area (Å²) in [5.74, 6) is -7.01. The molecule has 6 rings (SSSR count). The fourth-order valence-electron chi connectivity index (χ4n) is 9.82. The molecule has 6 aliphatic rings. The van der Waals surface area contributed by atoms with Crippen LogP contribution in [0.2, 0.25) is 0 Å². The molecule has 37 nitrogen and oxygen atoms in total. The Labute approximate surface area is 446 Å². The second kappa shape index (κ2) is 26.8. The van der Waals surface area contributed by atoms with Gasteiger partial charge in [0.2, 0.25) is 0 Å². The smallest absolute Gasteiger partial charge is 0.334 e. The Balaban J connectivity index is 1.00. The van der Waals surface area contributed by atoms with E-state index in [2.05, 4.69) is 26.6 Å². The summed E-state index contributed by atoms with van der Waals surface area (Å²) in [5, 5.41) is 158. The Morgan fingerprint density at radius 2 is 0.494 bits per heavy atom. The Morgan fingerprint density at radius 1 is 0.291 bits per heavy atom. The first-order valence-electron chi connectivity index (χ1n) is 24.9. The minimum absolute atomic E-state index is 0.286. The summed E-state index contributed by atoms with van der Waals surface area (Å²) in [6, 6.07) is -7.85. The van der Waals surface area contributed by atoms with Gasteiger partial charge in [-0.3, -0.25) is 24.0 Å². The van der Waals surface area contributed by atoms with Crippen LogP contribution in [0.15, 0.2) is 0 Å². The molecule has 30 atom stereocenters. The molecule has 0 radical (unpaired) electrons. The lowest BCUT2D eigenvalue weighted by atomic mass is 9.91. The number of carbonyl (C=O) groups excluding carboxylic acids is 5. The molecule has 0 aromatic rings. The van der Waals surface area contributed by atoms with Crippen molar-refractivity contribution < 1.29 is 129 Å². The van der Waals surface area contributed by atoms with E-state index >= 15 is 0 Å². The lowest BCUT2D eigenvalue weighted by Gasteiger charge is -2.43. The molecule has 0 spiro atoms. The van der Waals surface area contributed by atoms with E-state index in [1.165, 1.54) is 0 Å². The number of nitrogens with one attached hydrogen (secondary N) is 5. The van der Waals surface area contributed by atoms with Gasteiger partial charge in [-0.2, -0.15) is 0 Å². The van der Waals surface area contributed by atoms with Crippen LogP contribution in [0.3, 0.4) is 0 Å². The minimum atomic E-state index is -2.09. The molecule has 0 aliphatic carbocycles. The number of carboxylic acids is 1. The highest BCUT2D eigenvalue weighted by molar-refractivity contribution is 5.84. The number of aliphatic carboxylic acids is 1. The highest BCUT2D eigenvalue weighted by Gasteiger charge is 2.53. The first-order chi connectivity index (χ1) is 37.0. The van der Waals surface area contributed by atoms with Crippen molar-refractivity contribution >= 4 is 35.5 Å². The monoisotopic (exact) mass is 1150 g/mol. The molecule has 19 unspecified atom stereocenters. The van der Waals surface area contributed by atoms with Gasteiger partial charge in [0.25, 0.3) is 29.5 Å². The zero-order chi connectivity index (χ0) is 58.8. The molecule has 6 heterocycles. The number of hydrogen-bond donors (Lipinski definition) is 25. The molecule has 0 aromatic heterocycles. The maximum absolute atomic E-state index is 13.5. The molecule has 452 valence electrons. The summed E-state index contributed by atoms with van der Waals surface area (Å²) in [7, 11) is 0. The molecular weight excluding hydrogens is 1070 g/mol. The molecule has 6 fully saturated rings. The van der Waals surface area contributed by atoms with Crippen LogP contribution in [0.1, 0.15) is 0 Å². The molecule has 0 bridgehead atoms. The first-order valence-corrected chi connectivity index (χ1v) is 24.9. The molecule has 0 aromatic carbocycles. The zero-order valence-electron chi connectivity index (χ0n) is 41.7. The van der Waals surface area contributed by atoms with Crippen LogP contribution < -0.4 is 61.0 Å². The number of aliphatic hydroxyl groups excluding tert-OH is 13. The van der Waals surface area contributed by atoms with Crippen LogP contribution in [0.5, 0.6) is 0 Å². The highest BCUT2D eigenvalue weighted by Crippen LogP contribution is 2.27. The van der Waals surface area contributed by atoms with Crippen LogP contribution in [-0.2, 0) is 57.2 Å². The van der Waals surface area contributed by atoms with Crippen molar-refractivity contribution in [2.75, 3.05) is 39.3 Å². The largest absolute Gasteiger partial charge is 0.479 e. The van der Waals surface area contributed by atoms with Crippen LogP contribution in [0.25, 0.3) is 0 Å². The summed E-state index contributed by atoms with van der Waals surface area (Å²) in [6.45, 7) is -3.68. The third-order valence-corrected chi connectivity index (χ3v) is 14.8. The van der Waals surface area contributed by atoms with Gasteiger partial charge in [0, 0.05) is 39.3 Å². The SMILES string of the molecule is NC[C@H]1O[C@@H](C(=O)NC[C@H]2O[C@@H](C(=O)NC[C@H]3O[C@@H](C(=O)NC[C@H]4O[C@@H](C(=O)NC[C@H]5O[C@@H](C(=O)NC[C@H]6OC(C(=O)O)C(N)C(O)C6O)C(O)C(O)C5O)C(N)C(O)C4O)C(N)C(O)C3O)C(N)C(O)C2O)C(N)C(O)C1O. The second-order valence-electron chi connectivity index (χ2n) is 20.1. The minimum Gasteiger partial charge on any atom is -0.479 e. The highest BCUT2D eigenvalue weighted by atomic mass is 16.6. The van der Waals surface area contributed by atoms with Crippen LogP contribution in [-0.4, -0.2) is 329 Å². The Hall–Kier alpha value is -4.18. The number of carboxylic acid groups (broad SMARTS) is 1. The van der Waals surface area contributed by atoms with Gasteiger partial charge in [0.15, 0.2) is 36.6 Å². The number of hydrogen-bond acceptors (Lipinski definition) is 31. The van der Waals surface area contributed by atoms with Crippen LogP contribution in [0, 0.1) is 0 Å². The normalized spacial score (nSPS) is 46.5. The topological polar surface area (TPSA) is 657 Å². The van der Waals surface area contributed by atoms with Crippen molar-refractivity contribution in [1.82, 2.24) is 26.6 Å². The Kier molecular flexibility index (Phi) is 21.7. The summed E-state index contributed by atoms with van der Waals surface area (Å²) in [5.41, 5.74) is 35.1. The van der Waals surface area contributed by atoms with Gasteiger partial charge in [-0.1, -0.05) is 0 Å². The van der Waals surface area contributed by atoms with Gasteiger partial charge in [-0.05, 0) is 0 Å². The summed E-state index contributed by atoms with van der Waals surface area (Å²) in [4.78, 5) is 78.1. The first kappa shape index (κ1) is 64.0. The maximum Gasteiger partial charge on any atom is 0.334 e. The number of carbonyl (C=O) groups is 6. The predicted molar refractivity (Wildman–Crippen MR) is 252 cm³/mol. The van der Waals surface area contributed by atoms with E-state index in [4.69, 9.17) is 62.8 Å². The summed E-state index contributed by atoms with van der Waals surface area (Å²) in [6.07, 6.45) is -43.7. The maximum atomic E-state index is 13.5. The van der Waals surface area contributed by atoms with Crippen molar-refractivity contribution in [2.24, 2.45) is 34.4 Å². The van der Waals surface area contributed by atoms with E-state index in [-0.39, 0.29) is 6.54 Å². The quantitative estimate of drug-likeness (QED) is 0.0643. The fraction of sp³-hybridized carbons (Fsp3) is 0.857. The Bertz CT molecular complexity index is 2130. The number of amides is 5. The van der Waals surface area contributed by atoms with Crippen molar-refractivity contribution in [1.29, 1.82) is 0 Å². The molecular formula is C42H73N11O26. The van der Waals surface area contributed by atoms with E-state index in [9.17, 15) is 100 Å². The third kappa shape index (κ3) is 13.7. The van der Waals surface area contributed by atoms with E-state index < -0.39 is 251 Å². The average molecular weight is 1150 g/mol. The van der Waals surface area contributed by atoms with E-state index in [1.54, 1.807) is 0 Å². The molecule has 6 saturated heterocycles. The third-order valence-electron chi connectivity index (χ3n) is 14.8. The average Bonchev–Trinajstić information content (AvgIpc) is 3.43.